The second-order valence-corrected chi connectivity index (χ2v) is 1.83. The van der Waals surface area contributed by atoms with Gasteiger partial charge in [0.15, 0.2) is 0 Å². The molecule has 1 unspecified atom stereocenters. The van der Waals surface area contributed by atoms with Gasteiger partial charge in [-0.25, -0.2) is 0 Å². The summed E-state index contributed by atoms with van der Waals surface area (Å²) in [6.45, 7) is 0.604. The normalized spacial score (nSPS) is 13.9. The van der Waals surface area contributed by atoms with Crippen molar-refractivity contribution in [3.05, 3.63) is 0 Å². The van der Waals surface area contributed by atoms with Gasteiger partial charge in [0.2, 0.25) is 0 Å². The Hall–Kier alpha value is -0.150. The maximum absolute atomic E-state index is 11.7. The largest absolute Gasteiger partial charge is 0.330 e. The highest BCUT2D eigenvalue weighted by atomic mass is 19.1. The molecule has 0 aromatic carbocycles. The first-order chi connectivity index (χ1) is 3.85. The summed E-state index contributed by atoms with van der Waals surface area (Å²) in [5.41, 5.74) is 10.3. The van der Waals surface area contributed by atoms with Gasteiger partial charge in [-0.15, -0.1) is 0 Å². The number of hydrogen-bond donors (Lipinski definition) is 2. The number of halogens is 1. The smallest absolute Gasteiger partial charge is 0.0935 e. The van der Waals surface area contributed by atoms with Crippen LogP contribution in [0.1, 0.15) is 6.42 Å². The van der Waals surface area contributed by atoms with E-state index in [1.54, 1.807) is 0 Å². The topological polar surface area (TPSA) is 52.0 Å². The van der Waals surface area contributed by atoms with Crippen LogP contribution < -0.4 is 11.5 Å². The van der Waals surface area contributed by atoms with Gasteiger partial charge in [0, 0.05) is 5.92 Å². The minimum absolute atomic E-state index is 0.0139. The summed E-state index contributed by atoms with van der Waals surface area (Å²) < 4.78 is 11.7. The van der Waals surface area contributed by atoms with Gasteiger partial charge in [-0.2, -0.15) is 0 Å². The second kappa shape index (κ2) is 5.00. The molecular weight excluding hydrogens is 107 g/mol. The molecule has 0 radical (unpaired) electrons. The van der Waals surface area contributed by atoms with E-state index in [0.717, 1.165) is 0 Å². The van der Waals surface area contributed by atoms with Crippen LogP contribution in [-0.4, -0.2) is 19.8 Å². The van der Waals surface area contributed by atoms with E-state index in [2.05, 4.69) is 0 Å². The molecule has 0 fully saturated rings. The first-order valence-corrected chi connectivity index (χ1v) is 2.81. The van der Waals surface area contributed by atoms with Crippen LogP contribution >= 0.6 is 0 Å². The number of nitrogens with two attached hydrogens (primary N) is 2. The van der Waals surface area contributed by atoms with Crippen LogP contribution in [-0.2, 0) is 0 Å². The SMILES string of the molecule is NCCC(CN)CF. The Morgan fingerprint density at radius 2 is 2.00 bits per heavy atom. The van der Waals surface area contributed by atoms with E-state index in [0.29, 0.717) is 19.5 Å². The first kappa shape index (κ1) is 7.85. The minimum atomic E-state index is -0.340. The third-order valence-corrected chi connectivity index (χ3v) is 1.13. The fourth-order valence-corrected chi connectivity index (χ4v) is 0.494. The molecule has 4 N–H and O–H groups in total. The molecule has 0 heterocycles. The highest BCUT2D eigenvalue weighted by Crippen LogP contribution is 1.98. The molecule has 0 aliphatic carbocycles. The lowest BCUT2D eigenvalue weighted by molar-refractivity contribution is 0.353. The van der Waals surface area contributed by atoms with E-state index < -0.39 is 0 Å². The van der Waals surface area contributed by atoms with Crippen molar-refractivity contribution >= 4 is 0 Å². The minimum Gasteiger partial charge on any atom is -0.330 e. The molecule has 0 amide bonds. The van der Waals surface area contributed by atoms with Crippen LogP contribution in [0.4, 0.5) is 4.39 Å². The monoisotopic (exact) mass is 120 g/mol. The third kappa shape index (κ3) is 2.93. The van der Waals surface area contributed by atoms with Crippen molar-refractivity contribution in [2.45, 2.75) is 6.42 Å². The Morgan fingerprint density at radius 3 is 2.12 bits per heavy atom. The summed E-state index contributed by atoms with van der Waals surface area (Å²) in [7, 11) is 0. The quantitative estimate of drug-likeness (QED) is 0.543. The molecule has 3 heteroatoms. The van der Waals surface area contributed by atoms with Gasteiger partial charge in [0.1, 0.15) is 0 Å². The van der Waals surface area contributed by atoms with Crippen LogP contribution in [0.25, 0.3) is 0 Å². The van der Waals surface area contributed by atoms with Crippen LogP contribution in [0.3, 0.4) is 0 Å². The second-order valence-electron chi connectivity index (χ2n) is 1.83. The van der Waals surface area contributed by atoms with Crippen molar-refractivity contribution in [1.29, 1.82) is 0 Å². The third-order valence-electron chi connectivity index (χ3n) is 1.13. The molecular formula is C5H13FN2. The molecule has 0 saturated heterocycles. The van der Waals surface area contributed by atoms with Crippen molar-refractivity contribution in [1.82, 2.24) is 0 Å². The van der Waals surface area contributed by atoms with E-state index in [4.69, 9.17) is 11.5 Å². The lowest BCUT2D eigenvalue weighted by Gasteiger charge is -2.05. The average Bonchev–Trinajstić information content (AvgIpc) is 1.83. The lowest BCUT2D eigenvalue weighted by Crippen LogP contribution is -2.19. The van der Waals surface area contributed by atoms with Crippen LogP contribution in [0.15, 0.2) is 0 Å². The van der Waals surface area contributed by atoms with Gasteiger partial charge in [-0.05, 0) is 19.5 Å². The summed E-state index contributed by atoms with van der Waals surface area (Å²) >= 11 is 0. The van der Waals surface area contributed by atoms with Gasteiger partial charge < -0.3 is 11.5 Å². The number of rotatable bonds is 4. The molecule has 0 aliphatic rings. The molecule has 8 heavy (non-hydrogen) atoms. The van der Waals surface area contributed by atoms with Crippen molar-refractivity contribution < 1.29 is 4.39 Å². The zero-order chi connectivity index (χ0) is 6.41. The van der Waals surface area contributed by atoms with Crippen molar-refractivity contribution in [2.24, 2.45) is 17.4 Å². The maximum Gasteiger partial charge on any atom is 0.0935 e. The Labute approximate surface area is 49.0 Å². The van der Waals surface area contributed by atoms with Crippen LogP contribution in [0.2, 0.25) is 0 Å². The molecule has 0 bridgehead atoms. The van der Waals surface area contributed by atoms with Gasteiger partial charge >= 0.3 is 0 Å². The van der Waals surface area contributed by atoms with E-state index in [9.17, 15) is 4.39 Å². The number of hydrogen-bond acceptors (Lipinski definition) is 2. The summed E-state index contributed by atoms with van der Waals surface area (Å²) in [6.07, 6.45) is 0.701. The molecule has 50 valence electrons. The highest BCUT2D eigenvalue weighted by Gasteiger charge is 2.02. The fourth-order valence-electron chi connectivity index (χ4n) is 0.494. The van der Waals surface area contributed by atoms with Crippen LogP contribution in [0.5, 0.6) is 0 Å². The Balaban J connectivity index is 3.07. The Morgan fingerprint density at radius 1 is 1.38 bits per heavy atom. The van der Waals surface area contributed by atoms with E-state index in [1.807, 2.05) is 0 Å². The van der Waals surface area contributed by atoms with E-state index >= 15 is 0 Å². The van der Waals surface area contributed by atoms with Gasteiger partial charge in [0.25, 0.3) is 0 Å². The predicted molar refractivity (Wildman–Crippen MR) is 32.2 cm³/mol. The molecule has 0 aromatic rings. The summed E-state index contributed by atoms with van der Waals surface area (Å²) in [5.74, 6) is -0.0139. The predicted octanol–water partition coefficient (Wildman–Crippen LogP) is -0.120. The van der Waals surface area contributed by atoms with Gasteiger partial charge in [-0.1, -0.05) is 0 Å². The summed E-state index contributed by atoms with van der Waals surface area (Å²) in [6, 6.07) is 0. The molecule has 0 spiro atoms. The Bertz CT molecular complexity index is 45.7. The van der Waals surface area contributed by atoms with Crippen molar-refractivity contribution in [3.8, 4) is 0 Å². The average molecular weight is 120 g/mol. The van der Waals surface area contributed by atoms with Gasteiger partial charge in [-0.3, -0.25) is 4.39 Å². The zero-order valence-electron chi connectivity index (χ0n) is 4.94. The summed E-state index contributed by atoms with van der Waals surface area (Å²) in [4.78, 5) is 0. The molecule has 0 rings (SSSR count). The molecule has 0 saturated carbocycles. The van der Waals surface area contributed by atoms with E-state index in [-0.39, 0.29) is 12.6 Å². The zero-order valence-corrected chi connectivity index (χ0v) is 4.94. The first-order valence-electron chi connectivity index (χ1n) is 2.81. The molecule has 1 atom stereocenters. The fraction of sp³-hybridized carbons (Fsp3) is 1.00. The molecule has 0 aromatic heterocycles. The highest BCUT2D eigenvalue weighted by molar-refractivity contribution is 4.57. The van der Waals surface area contributed by atoms with Crippen molar-refractivity contribution in [2.75, 3.05) is 19.8 Å². The van der Waals surface area contributed by atoms with Gasteiger partial charge in [0.05, 0.1) is 6.67 Å². The summed E-state index contributed by atoms with van der Waals surface area (Å²) in [5, 5.41) is 0. The lowest BCUT2D eigenvalue weighted by atomic mass is 10.1. The Kier molecular flexibility index (Phi) is 4.90. The molecule has 0 aliphatic heterocycles. The maximum atomic E-state index is 11.7. The number of alkyl halides is 1. The standard InChI is InChI=1S/C5H13FN2/c6-3-5(4-8)1-2-7/h5H,1-4,7-8H2. The molecule has 2 nitrogen and oxygen atoms in total. The van der Waals surface area contributed by atoms with E-state index in [1.165, 1.54) is 0 Å². The van der Waals surface area contributed by atoms with Crippen molar-refractivity contribution in [3.63, 3.8) is 0 Å². The van der Waals surface area contributed by atoms with Crippen LogP contribution in [0, 0.1) is 5.92 Å².